The predicted octanol–water partition coefficient (Wildman–Crippen LogP) is 1.57. The van der Waals surface area contributed by atoms with Gasteiger partial charge in [-0.3, -0.25) is 9.69 Å². The number of carbonyl (C=O) groups is 1. The second-order valence-electron chi connectivity index (χ2n) is 5.36. The number of pyridine rings is 1. The number of nitrogens with zero attached hydrogens (tertiary/aromatic N) is 3. The lowest BCUT2D eigenvalue weighted by atomic mass is 10.2. The quantitative estimate of drug-likeness (QED) is 0.887. The zero-order valence-corrected chi connectivity index (χ0v) is 12.4. The monoisotopic (exact) mass is 276 g/mol. The number of likely N-dealkylation sites (N-methyl/N-ethyl adjacent to an activating group) is 1. The number of amides is 1. The highest BCUT2D eigenvalue weighted by Crippen LogP contribution is 2.10. The molecule has 1 aromatic rings. The zero-order chi connectivity index (χ0) is 14.4. The molecule has 0 aliphatic carbocycles. The number of aromatic nitrogens is 1. The smallest absolute Gasteiger partial charge is 0.236 e. The van der Waals surface area contributed by atoms with E-state index in [9.17, 15) is 4.79 Å². The molecule has 1 N–H and O–H groups in total. The first-order valence-electron chi connectivity index (χ1n) is 7.34. The van der Waals surface area contributed by atoms with Crippen LogP contribution in [0.1, 0.15) is 25.3 Å². The van der Waals surface area contributed by atoms with Crippen LogP contribution in [0.25, 0.3) is 0 Å². The minimum absolute atomic E-state index is 0.205. The Morgan fingerprint density at radius 1 is 1.35 bits per heavy atom. The van der Waals surface area contributed by atoms with Crippen LogP contribution in [0, 0.1) is 0 Å². The Morgan fingerprint density at radius 3 is 2.90 bits per heavy atom. The summed E-state index contributed by atoms with van der Waals surface area (Å²) in [5.74, 6) is 1.12. The first-order valence-corrected chi connectivity index (χ1v) is 7.34. The number of carbonyl (C=O) groups excluding carboxylic acids is 1. The Kier molecular flexibility index (Phi) is 5.35. The number of anilines is 1. The molecule has 0 saturated carbocycles. The summed E-state index contributed by atoms with van der Waals surface area (Å²) in [7, 11) is 1.88. The Hall–Kier alpha value is -1.62. The van der Waals surface area contributed by atoms with Gasteiger partial charge >= 0.3 is 0 Å². The van der Waals surface area contributed by atoms with Gasteiger partial charge in [0.1, 0.15) is 5.82 Å². The third-order valence-electron chi connectivity index (χ3n) is 3.54. The molecular formula is C15H24N4O. The summed E-state index contributed by atoms with van der Waals surface area (Å²) in [6.45, 7) is 6.19. The molecule has 1 amide bonds. The van der Waals surface area contributed by atoms with Crippen LogP contribution >= 0.6 is 0 Å². The highest BCUT2D eigenvalue weighted by Gasteiger charge is 2.18. The van der Waals surface area contributed by atoms with Crippen LogP contribution in [0.5, 0.6) is 0 Å². The summed E-state index contributed by atoms with van der Waals surface area (Å²) in [5.41, 5.74) is 1.16. The van der Waals surface area contributed by atoms with Gasteiger partial charge < -0.3 is 10.2 Å². The first kappa shape index (κ1) is 14.8. The lowest BCUT2D eigenvalue weighted by molar-refractivity contribution is -0.129. The number of hydrogen-bond donors (Lipinski definition) is 1. The molecule has 5 heteroatoms. The van der Waals surface area contributed by atoms with Crippen molar-refractivity contribution >= 4 is 11.7 Å². The van der Waals surface area contributed by atoms with E-state index in [1.54, 1.807) is 0 Å². The van der Waals surface area contributed by atoms with E-state index in [0.717, 1.165) is 50.4 Å². The Morgan fingerprint density at radius 2 is 2.20 bits per heavy atom. The van der Waals surface area contributed by atoms with Crippen molar-refractivity contribution in [1.29, 1.82) is 0 Å². The molecule has 0 bridgehead atoms. The molecule has 0 atom stereocenters. The molecule has 1 aromatic heterocycles. The summed E-state index contributed by atoms with van der Waals surface area (Å²) in [4.78, 5) is 20.3. The topological polar surface area (TPSA) is 48.5 Å². The lowest BCUT2D eigenvalue weighted by Gasteiger charge is -2.19. The first-order chi connectivity index (χ1) is 9.69. The van der Waals surface area contributed by atoms with Crippen LogP contribution in [0.15, 0.2) is 18.3 Å². The maximum absolute atomic E-state index is 11.8. The standard InChI is InChI=1S/C15H24N4O/c1-3-7-16-14-6-5-13(10-17-14)11-19-9-4-8-18(2)15(20)12-19/h5-6,10H,3-4,7-9,11-12H2,1-2H3,(H,16,17). The molecule has 0 unspecified atom stereocenters. The van der Waals surface area contributed by atoms with E-state index in [2.05, 4.69) is 28.2 Å². The SMILES string of the molecule is CCCNc1ccc(CN2CCCN(C)C(=O)C2)cn1. The normalized spacial score (nSPS) is 17.1. The molecule has 110 valence electrons. The van der Waals surface area contributed by atoms with E-state index in [-0.39, 0.29) is 5.91 Å². The average Bonchev–Trinajstić information content (AvgIpc) is 2.60. The molecule has 2 heterocycles. The van der Waals surface area contributed by atoms with Crippen LogP contribution in [0.4, 0.5) is 5.82 Å². The number of hydrogen-bond acceptors (Lipinski definition) is 4. The Labute approximate surface area is 121 Å². The van der Waals surface area contributed by atoms with Crippen molar-refractivity contribution in [2.75, 3.05) is 38.5 Å². The van der Waals surface area contributed by atoms with E-state index >= 15 is 0 Å². The van der Waals surface area contributed by atoms with E-state index in [1.807, 2.05) is 24.2 Å². The third kappa shape index (κ3) is 4.20. The van der Waals surface area contributed by atoms with Crippen molar-refractivity contribution in [3.8, 4) is 0 Å². The van der Waals surface area contributed by atoms with Crippen LogP contribution < -0.4 is 5.32 Å². The fraction of sp³-hybridized carbons (Fsp3) is 0.600. The molecule has 1 aliphatic heterocycles. The second-order valence-corrected chi connectivity index (χ2v) is 5.36. The van der Waals surface area contributed by atoms with Gasteiger partial charge in [0.2, 0.25) is 5.91 Å². The van der Waals surface area contributed by atoms with Gasteiger partial charge in [0.15, 0.2) is 0 Å². The minimum Gasteiger partial charge on any atom is -0.370 e. The van der Waals surface area contributed by atoms with Crippen molar-refractivity contribution < 1.29 is 4.79 Å². The highest BCUT2D eigenvalue weighted by atomic mass is 16.2. The van der Waals surface area contributed by atoms with Crippen molar-refractivity contribution in [2.24, 2.45) is 0 Å². The van der Waals surface area contributed by atoms with Gasteiger partial charge in [0.05, 0.1) is 6.54 Å². The molecule has 5 nitrogen and oxygen atoms in total. The molecule has 1 saturated heterocycles. The molecular weight excluding hydrogens is 252 g/mol. The molecule has 0 spiro atoms. The molecule has 20 heavy (non-hydrogen) atoms. The van der Waals surface area contributed by atoms with E-state index in [4.69, 9.17) is 0 Å². The van der Waals surface area contributed by atoms with Crippen LogP contribution in [0.3, 0.4) is 0 Å². The summed E-state index contributed by atoms with van der Waals surface area (Å²) < 4.78 is 0. The molecule has 2 rings (SSSR count). The van der Waals surface area contributed by atoms with Gasteiger partial charge in [0, 0.05) is 39.4 Å². The molecule has 1 aliphatic rings. The van der Waals surface area contributed by atoms with Gasteiger partial charge in [-0.1, -0.05) is 13.0 Å². The van der Waals surface area contributed by atoms with Crippen molar-refractivity contribution in [3.05, 3.63) is 23.9 Å². The number of rotatable bonds is 5. The summed E-state index contributed by atoms with van der Waals surface area (Å²) in [6.07, 6.45) is 4.02. The number of nitrogens with one attached hydrogen (secondary N) is 1. The highest BCUT2D eigenvalue weighted by molar-refractivity contribution is 5.78. The average molecular weight is 276 g/mol. The van der Waals surface area contributed by atoms with Gasteiger partial charge in [-0.15, -0.1) is 0 Å². The van der Waals surface area contributed by atoms with Gasteiger partial charge in [-0.2, -0.15) is 0 Å². The molecule has 0 aromatic carbocycles. The molecule has 1 fully saturated rings. The van der Waals surface area contributed by atoms with E-state index in [1.165, 1.54) is 0 Å². The maximum Gasteiger partial charge on any atom is 0.236 e. The maximum atomic E-state index is 11.8. The lowest BCUT2D eigenvalue weighted by Crippen LogP contribution is -2.34. The fourth-order valence-corrected chi connectivity index (χ4v) is 2.32. The van der Waals surface area contributed by atoms with Crippen molar-refractivity contribution in [3.63, 3.8) is 0 Å². The van der Waals surface area contributed by atoms with Crippen molar-refractivity contribution in [2.45, 2.75) is 26.3 Å². The summed E-state index contributed by atoms with van der Waals surface area (Å²) >= 11 is 0. The van der Waals surface area contributed by atoms with E-state index < -0.39 is 0 Å². The van der Waals surface area contributed by atoms with Gasteiger partial charge in [0.25, 0.3) is 0 Å². The molecule has 0 radical (unpaired) electrons. The van der Waals surface area contributed by atoms with Crippen LogP contribution in [-0.2, 0) is 11.3 Å². The zero-order valence-electron chi connectivity index (χ0n) is 12.4. The van der Waals surface area contributed by atoms with Crippen molar-refractivity contribution in [1.82, 2.24) is 14.8 Å². The van der Waals surface area contributed by atoms with Crippen LogP contribution in [-0.4, -0.2) is 53.9 Å². The second kappa shape index (κ2) is 7.24. The Bertz CT molecular complexity index is 432. The summed E-state index contributed by atoms with van der Waals surface area (Å²) in [5, 5.41) is 3.26. The predicted molar refractivity (Wildman–Crippen MR) is 80.5 cm³/mol. The fourth-order valence-electron chi connectivity index (χ4n) is 2.32. The largest absolute Gasteiger partial charge is 0.370 e. The Balaban J connectivity index is 1.90. The van der Waals surface area contributed by atoms with E-state index in [0.29, 0.717) is 6.54 Å². The minimum atomic E-state index is 0.205. The summed E-state index contributed by atoms with van der Waals surface area (Å²) in [6, 6.07) is 4.10. The third-order valence-corrected chi connectivity index (χ3v) is 3.54. The van der Waals surface area contributed by atoms with Gasteiger partial charge in [-0.25, -0.2) is 4.98 Å². The van der Waals surface area contributed by atoms with Crippen LogP contribution in [0.2, 0.25) is 0 Å². The van der Waals surface area contributed by atoms with Gasteiger partial charge in [-0.05, 0) is 24.5 Å².